The summed E-state index contributed by atoms with van der Waals surface area (Å²) in [7, 11) is -0.581. The van der Waals surface area contributed by atoms with Crippen molar-refractivity contribution in [1.82, 2.24) is 14.1 Å². The van der Waals surface area contributed by atoms with E-state index in [0.29, 0.717) is 0 Å². The number of rotatable bonds is 7. The van der Waals surface area contributed by atoms with Gasteiger partial charge in [-0.05, 0) is 38.6 Å². The van der Waals surface area contributed by atoms with Gasteiger partial charge in [-0.2, -0.15) is 5.10 Å². The van der Waals surface area contributed by atoms with Crippen LogP contribution in [0.4, 0.5) is 0 Å². The van der Waals surface area contributed by atoms with Crippen LogP contribution in [-0.2, 0) is 16.4 Å². The molecule has 1 N–H and O–H groups in total. The third kappa shape index (κ3) is 3.75. The van der Waals surface area contributed by atoms with Gasteiger partial charge < -0.3 is 5.11 Å². The molecule has 0 aliphatic rings. The van der Waals surface area contributed by atoms with Gasteiger partial charge in [-0.15, -0.1) is 10.7 Å². The highest BCUT2D eigenvalue weighted by Gasteiger charge is 2.31. The molecule has 1 unspecified atom stereocenters. The Balaban J connectivity index is 2.57. The molecular weight excluding hydrogens is 358 g/mol. The van der Waals surface area contributed by atoms with E-state index >= 15 is 0 Å². The Morgan fingerprint density at radius 2 is 2.12 bits per heavy atom. The van der Waals surface area contributed by atoms with Crippen molar-refractivity contribution in [3.63, 3.8) is 0 Å². The summed E-state index contributed by atoms with van der Waals surface area (Å²) in [5.41, 5.74) is 2.10. The molecule has 2 rings (SSSR count). The van der Waals surface area contributed by atoms with Gasteiger partial charge >= 0.3 is 0 Å². The van der Waals surface area contributed by atoms with Crippen LogP contribution in [0.2, 0.25) is 0 Å². The fourth-order valence-corrected chi connectivity index (χ4v) is 5.48. The standard InChI is InChI=1S/C17H23N3O3S2/c1-6-13-10-8-9-12(3)16(13)24-17-14(21)11-18-20(17)25(22,23)15(7-2)19(4)5/h7-11,15,21H,2,6H2,1,3-5H3. The van der Waals surface area contributed by atoms with Crippen molar-refractivity contribution in [2.75, 3.05) is 14.1 Å². The van der Waals surface area contributed by atoms with Gasteiger partial charge in [-0.25, -0.2) is 8.42 Å². The van der Waals surface area contributed by atoms with Crippen molar-refractivity contribution in [2.45, 2.75) is 35.6 Å². The minimum Gasteiger partial charge on any atom is -0.504 e. The second-order valence-corrected chi connectivity index (χ2v) is 8.69. The predicted molar refractivity (Wildman–Crippen MR) is 101 cm³/mol. The monoisotopic (exact) mass is 381 g/mol. The molecule has 0 amide bonds. The molecule has 0 spiro atoms. The van der Waals surface area contributed by atoms with Crippen LogP contribution < -0.4 is 0 Å². The molecule has 0 aliphatic heterocycles. The van der Waals surface area contributed by atoms with Crippen molar-refractivity contribution in [3.8, 4) is 5.75 Å². The number of benzene rings is 1. The molecule has 0 bridgehead atoms. The Bertz CT molecular complexity index is 873. The second kappa shape index (κ2) is 7.63. The average Bonchev–Trinajstić information content (AvgIpc) is 2.91. The maximum absolute atomic E-state index is 12.9. The maximum Gasteiger partial charge on any atom is 0.274 e. The smallest absolute Gasteiger partial charge is 0.274 e. The summed E-state index contributed by atoms with van der Waals surface area (Å²) < 4.78 is 26.8. The third-order valence-corrected chi connectivity index (χ3v) is 7.27. The molecule has 0 radical (unpaired) electrons. The summed E-state index contributed by atoms with van der Waals surface area (Å²) in [5, 5.41) is 13.3. The number of hydrogen-bond acceptors (Lipinski definition) is 6. The summed E-state index contributed by atoms with van der Waals surface area (Å²) in [6.07, 6.45) is 3.30. The quantitative estimate of drug-likeness (QED) is 0.744. The van der Waals surface area contributed by atoms with Crippen LogP contribution in [0.15, 0.2) is 47.0 Å². The molecule has 1 heterocycles. The minimum absolute atomic E-state index is 0.166. The molecule has 1 aromatic heterocycles. The zero-order valence-corrected chi connectivity index (χ0v) is 16.4. The van der Waals surface area contributed by atoms with Crippen LogP contribution in [-0.4, -0.2) is 47.1 Å². The molecule has 0 fully saturated rings. The summed E-state index contributed by atoms with van der Waals surface area (Å²) in [5.74, 6) is -0.166. The lowest BCUT2D eigenvalue weighted by molar-refractivity contribution is 0.400. The minimum atomic E-state index is -3.88. The summed E-state index contributed by atoms with van der Waals surface area (Å²) in [6.45, 7) is 7.60. The molecule has 2 aromatic rings. The first-order chi connectivity index (χ1) is 11.7. The van der Waals surface area contributed by atoms with E-state index in [0.717, 1.165) is 32.7 Å². The highest BCUT2D eigenvalue weighted by molar-refractivity contribution is 8.00. The van der Waals surface area contributed by atoms with Gasteiger partial charge in [0.1, 0.15) is 0 Å². The van der Waals surface area contributed by atoms with E-state index in [9.17, 15) is 13.5 Å². The topological polar surface area (TPSA) is 75.4 Å². The Labute approximate surface area is 153 Å². The highest BCUT2D eigenvalue weighted by Crippen LogP contribution is 2.39. The molecule has 0 saturated carbocycles. The second-order valence-electron chi connectivity index (χ2n) is 5.83. The van der Waals surface area contributed by atoms with E-state index in [-0.39, 0.29) is 10.8 Å². The van der Waals surface area contributed by atoms with Gasteiger partial charge in [0.25, 0.3) is 10.0 Å². The molecule has 0 aliphatic carbocycles. The van der Waals surface area contributed by atoms with Crippen LogP contribution >= 0.6 is 11.8 Å². The van der Waals surface area contributed by atoms with Crippen LogP contribution in [0.25, 0.3) is 0 Å². The van der Waals surface area contributed by atoms with E-state index in [1.165, 1.54) is 22.7 Å². The summed E-state index contributed by atoms with van der Waals surface area (Å²) in [4.78, 5) is 2.46. The normalized spacial score (nSPS) is 13.2. The highest BCUT2D eigenvalue weighted by atomic mass is 32.2. The number of aromatic hydroxyl groups is 1. The molecule has 6 nitrogen and oxygen atoms in total. The van der Waals surface area contributed by atoms with Gasteiger partial charge in [0.05, 0.1) is 6.20 Å². The van der Waals surface area contributed by atoms with E-state index in [1.54, 1.807) is 14.1 Å². The van der Waals surface area contributed by atoms with Crippen LogP contribution in [0, 0.1) is 6.92 Å². The maximum atomic E-state index is 12.9. The third-order valence-electron chi connectivity index (χ3n) is 3.81. The fourth-order valence-electron chi connectivity index (χ4n) is 2.52. The van der Waals surface area contributed by atoms with Gasteiger partial charge in [0.15, 0.2) is 16.1 Å². The van der Waals surface area contributed by atoms with Crippen molar-refractivity contribution >= 4 is 21.8 Å². The molecule has 1 atom stereocenters. The van der Waals surface area contributed by atoms with Crippen LogP contribution in [0.1, 0.15) is 18.1 Å². The fraction of sp³-hybridized carbons (Fsp3) is 0.353. The number of aryl methyl sites for hydroxylation is 2. The first-order valence-corrected chi connectivity index (χ1v) is 10.1. The zero-order valence-electron chi connectivity index (χ0n) is 14.8. The van der Waals surface area contributed by atoms with Crippen molar-refractivity contribution in [2.24, 2.45) is 0 Å². The SMILES string of the molecule is C=CC(N(C)C)S(=O)(=O)n1ncc(O)c1Sc1c(C)cccc1CC. The summed E-state index contributed by atoms with van der Waals surface area (Å²) in [6, 6.07) is 5.92. The van der Waals surface area contributed by atoms with E-state index < -0.39 is 15.4 Å². The molecular formula is C17H23N3O3S2. The predicted octanol–water partition coefficient (Wildman–Crippen LogP) is 2.86. The van der Waals surface area contributed by atoms with Crippen LogP contribution in [0.3, 0.4) is 0 Å². The van der Waals surface area contributed by atoms with Gasteiger partial charge in [-0.1, -0.05) is 43.0 Å². The zero-order chi connectivity index (χ0) is 18.8. The molecule has 25 heavy (non-hydrogen) atoms. The lowest BCUT2D eigenvalue weighted by Gasteiger charge is -2.21. The lowest BCUT2D eigenvalue weighted by atomic mass is 10.1. The first kappa shape index (κ1) is 19.6. The average molecular weight is 382 g/mol. The largest absolute Gasteiger partial charge is 0.504 e. The van der Waals surface area contributed by atoms with Crippen LogP contribution in [0.5, 0.6) is 5.75 Å². The van der Waals surface area contributed by atoms with Gasteiger partial charge in [0.2, 0.25) is 0 Å². The van der Waals surface area contributed by atoms with E-state index in [1.807, 2.05) is 32.0 Å². The number of aromatic nitrogens is 2. The van der Waals surface area contributed by atoms with Crippen molar-refractivity contribution < 1.29 is 13.5 Å². The number of nitrogens with zero attached hydrogens (tertiary/aromatic N) is 3. The Morgan fingerprint density at radius 3 is 2.68 bits per heavy atom. The summed E-state index contributed by atoms with van der Waals surface area (Å²) >= 11 is 1.21. The number of likely N-dealkylation sites (N-methyl/N-ethyl adjacent to an activating group) is 1. The molecule has 1 aromatic carbocycles. The molecule has 136 valence electrons. The first-order valence-electron chi connectivity index (χ1n) is 7.80. The Morgan fingerprint density at radius 1 is 1.44 bits per heavy atom. The van der Waals surface area contributed by atoms with Gasteiger partial charge in [-0.3, -0.25) is 4.90 Å². The number of hydrogen-bond donors (Lipinski definition) is 1. The van der Waals surface area contributed by atoms with Gasteiger partial charge in [0, 0.05) is 4.90 Å². The lowest BCUT2D eigenvalue weighted by Crippen LogP contribution is -2.38. The van der Waals surface area contributed by atoms with E-state index in [2.05, 4.69) is 11.7 Å². The van der Waals surface area contributed by atoms with E-state index in [4.69, 9.17) is 0 Å². The Hall–Kier alpha value is -1.77. The molecule has 8 heteroatoms. The van der Waals surface area contributed by atoms with Crippen molar-refractivity contribution in [1.29, 1.82) is 0 Å². The molecule has 0 saturated heterocycles. The van der Waals surface area contributed by atoms with Crippen molar-refractivity contribution in [3.05, 3.63) is 48.2 Å². The Kier molecular flexibility index (Phi) is 5.97.